The van der Waals surface area contributed by atoms with Gasteiger partial charge in [0.2, 0.25) is 0 Å². The Balaban J connectivity index is 2.14. The minimum Gasteiger partial charge on any atom is -0.328 e. The molecule has 0 aliphatic carbocycles. The number of nitrogens with zero attached hydrogens (tertiary/aromatic N) is 4. The van der Waals surface area contributed by atoms with Crippen LogP contribution < -0.4 is 9.80 Å². The first-order chi connectivity index (χ1) is 9.50. The van der Waals surface area contributed by atoms with Crippen LogP contribution in [0.4, 0.5) is 17.3 Å². The molecule has 4 nitrogen and oxygen atoms in total. The number of aromatic nitrogens is 2. The van der Waals surface area contributed by atoms with Gasteiger partial charge in [0.25, 0.3) is 0 Å². The third kappa shape index (κ3) is 1.92. The number of fused-ring (bicyclic) bond motifs is 1. The first-order valence-corrected chi connectivity index (χ1v) is 6.95. The maximum Gasteiger partial charge on any atom is 0.178 e. The van der Waals surface area contributed by atoms with Gasteiger partial charge in [0.1, 0.15) is 6.17 Å². The predicted octanol–water partition coefficient (Wildman–Crippen LogP) is 3.58. The van der Waals surface area contributed by atoms with Crippen LogP contribution in [-0.4, -0.2) is 21.7 Å². The van der Waals surface area contributed by atoms with E-state index in [9.17, 15) is 0 Å². The molecular weight excluding hydrogens is 248 g/mol. The Morgan fingerprint density at radius 3 is 2.15 bits per heavy atom. The second-order valence-electron chi connectivity index (χ2n) is 6.08. The third-order valence-electron chi connectivity index (χ3n) is 3.62. The maximum absolute atomic E-state index is 4.56. The van der Waals surface area contributed by atoms with Crippen molar-refractivity contribution in [2.75, 3.05) is 9.80 Å². The van der Waals surface area contributed by atoms with Crippen molar-refractivity contribution in [2.24, 2.45) is 0 Å². The van der Waals surface area contributed by atoms with Gasteiger partial charge < -0.3 is 9.80 Å². The molecule has 0 fully saturated rings. The monoisotopic (exact) mass is 268 g/mol. The Morgan fingerprint density at radius 1 is 0.950 bits per heavy atom. The van der Waals surface area contributed by atoms with Crippen LogP contribution in [0.3, 0.4) is 0 Å². The van der Waals surface area contributed by atoms with Gasteiger partial charge in [-0.15, -0.1) is 0 Å². The van der Waals surface area contributed by atoms with Gasteiger partial charge in [0.15, 0.2) is 11.6 Å². The maximum atomic E-state index is 4.56. The Bertz CT molecular complexity index is 603. The second kappa shape index (κ2) is 4.47. The smallest absolute Gasteiger partial charge is 0.178 e. The lowest BCUT2D eigenvalue weighted by molar-refractivity contribution is 0.465. The fourth-order valence-corrected chi connectivity index (χ4v) is 2.94. The highest BCUT2D eigenvalue weighted by molar-refractivity contribution is 5.78. The first-order valence-electron chi connectivity index (χ1n) is 6.95. The van der Waals surface area contributed by atoms with Crippen LogP contribution in [0, 0.1) is 0 Å². The molecule has 0 amide bonds. The average molecular weight is 268 g/mol. The van der Waals surface area contributed by atoms with E-state index in [1.807, 2.05) is 6.07 Å². The summed E-state index contributed by atoms with van der Waals surface area (Å²) in [6, 6.07) is 10.4. The van der Waals surface area contributed by atoms with Gasteiger partial charge in [-0.3, -0.25) is 0 Å². The second-order valence-corrected chi connectivity index (χ2v) is 6.08. The first kappa shape index (κ1) is 12.9. The number of hydrogen-bond acceptors (Lipinski definition) is 4. The van der Waals surface area contributed by atoms with Crippen molar-refractivity contribution in [1.29, 1.82) is 0 Å². The lowest BCUT2D eigenvalue weighted by Crippen LogP contribution is -2.49. The quantitative estimate of drug-likeness (QED) is 0.791. The van der Waals surface area contributed by atoms with Crippen LogP contribution in [0.25, 0.3) is 0 Å². The lowest BCUT2D eigenvalue weighted by Gasteiger charge is -2.38. The average Bonchev–Trinajstić information content (AvgIpc) is 2.71. The molecule has 0 saturated heterocycles. The van der Waals surface area contributed by atoms with Crippen LogP contribution in [0.15, 0.2) is 42.7 Å². The molecule has 1 atom stereocenters. The largest absolute Gasteiger partial charge is 0.328 e. The standard InChI is InChI=1S/C16H20N4/c1-12-19(13-8-6-5-7-9-13)14-15(18-11-10-17-14)20(12)16(2,3)4/h5-12H,1-4H3. The van der Waals surface area contributed by atoms with Crippen molar-refractivity contribution in [3.05, 3.63) is 42.7 Å². The highest BCUT2D eigenvalue weighted by Crippen LogP contribution is 2.43. The Morgan fingerprint density at radius 2 is 1.55 bits per heavy atom. The molecule has 1 aliphatic rings. The van der Waals surface area contributed by atoms with Gasteiger partial charge in [-0.2, -0.15) is 0 Å². The van der Waals surface area contributed by atoms with Crippen LogP contribution in [-0.2, 0) is 0 Å². The van der Waals surface area contributed by atoms with Crippen LogP contribution in [0.1, 0.15) is 27.7 Å². The summed E-state index contributed by atoms with van der Waals surface area (Å²) in [6.45, 7) is 8.81. The molecule has 4 heteroatoms. The topological polar surface area (TPSA) is 32.3 Å². The van der Waals surface area contributed by atoms with Gasteiger partial charge in [0.05, 0.1) is 0 Å². The zero-order valence-corrected chi connectivity index (χ0v) is 12.4. The lowest BCUT2D eigenvalue weighted by atomic mass is 10.1. The minimum atomic E-state index is -0.00622. The predicted molar refractivity (Wildman–Crippen MR) is 82.3 cm³/mol. The van der Waals surface area contributed by atoms with E-state index < -0.39 is 0 Å². The highest BCUT2D eigenvalue weighted by atomic mass is 15.5. The molecule has 0 bridgehead atoms. The van der Waals surface area contributed by atoms with Gasteiger partial charge in [-0.25, -0.2) is 9.97 Å². The molecular formula is C16H20N4. The van der Waals surface area contributed by atoms with Crippen molar-refractivity contribution in [3.63, 3.8) is 0 Å². The number of rotatable bonds is 1. The number of anilines is 3. The van der Waals surface area contributed by atoms with Crippen molar-refractivity contribution in [3.8, 4) is 0 Å². The van der Waals surface area contributed by atoms with Crippen molar-refractivity contribution in [2.45, 2.75) is 39.4 Å². The van der Waals surface area contributed by atoms with E-state index in [4.69, 9.17) is 0 Å². The summed E-state index contributed by atoms with van der Waals surface area (Å²) >= 11 is 0. The van der Waals surface area contributed by atoms with Crippen LogP contribution in [0.2, 0.25) is 0 Å². The molecule has 3 rings (SSSR count). The summed E-state index contributed by atoms with van der Waals surface area (Å²) in [7, 11) is 0. The van der Waals surface area contributed by atoms with Crippen molar-refractivity contribution in [1.82, 2.24) is 9.97 Å². The molecule has 20 heavy (non-hydrogen) atoms. The third-order valence-corrected chi connectivity index (χ3v) is 3.62. The minimum absolute atomic E-state index is 0.00622. The molecule has 1 aromatic carbocycles. The summed E-state index contributed by atoms with van der Waals surface area (Å²) in [5.74, 6) is 1.89. The molecule has 0 N–H and O–H groups in total. The summed E-state index contributed by atoms with van der Waals surface area (Å²) in [5.41, 5.74) is 1.14. The normalized spacial score (nSPS) is 18.3. The Hall–Kier alpha value is -2.10. The number of hydrogen-bond donors (Lipinski definition) is 0. The molecule has 1 aliphatic heterocycles. The zero-order valence-electron chi connectivity index (χ0n) is 12.4. The number of benzene rings is 1. The van der Waals surface area contributed by atoms with Crippen molar-refractivity contribution >= 4 is 17.3 Å². The molecule has 2 heterocycles. The van der Waals surface area contributed by atoms with E-state index in [1.165, 1.54) is 0 Å². The molecule has 1 unspecified atom stereocenters. The van der Waals surface area contributed by atoms with Crippen molar-refractivity contribution < 1.29 is 0 Å². The van der Waals surface area contributed by atoms with Gasteiger partial charge in [-0.1, -0.05) is 18.2 Å². The Kier molecular flexibility index (Phi) is 2.89. The van der Waals surface area contributed by atoms with Gasteiger partial charge >= 0.3 is 0 Å². The number of para-hydroxylation sites is 1. The van der Waals surface area contributed by atoms with Gasteiger partial charge in [-0.05, 0) is 39.8 Å². The molecule has 0 radical (unpaired) electrons. The zero-order chi connectivity index (χ0) is 14.3. The van der Waals surface area contributed by atoms with E-state index in [1.54, 1.807) is 12.4 Å². The van der Waals surface area contributed by atoms with E-state index in [2.05, 4.69) is 71.7 Å². The van der Waals surface area contributed by atoms with Crippen LogP contribution in [0.5, 0.6) is 0 Å². The van der Waals surface area contributed by atoms with E-state index in [0.717, 1.165) is 17.3 Å². The Labute approximate surface area is 120 Å². The molecule has 2 aromatic rings. The highest BCUT2D eigenvalue weighted by Gasteiger charge is 2.41. The van der Waals surface area contributed by atoms with E-state index in [0.29, 0.717) is 0 Å². The fraction of sp³-hybridized carbons (Fsp3) is 0.375. The van der Waals surface area contributed by atoms with Gasteiger partial charge in [0, 0.05) is 23.6 Å². The SMILES string of the molecule is CC1N(c2ccccc2)c2nccnc2N1C(C)(C)C. The molecule has 1 aromatic heterocycles. The molecule has 0 saturated carbocycles. The molecule has 0 spiro atoms. The summed E-state index contributed by atoms with van der Waals surface area (Å²) < 4.78 is 0. The van der Waals surface area contributed by atoms with Crippen LogP contribution >= 0.6 is 0 Å². The van der Waals surface area contributed by atoms with E-state index in [-0.39, 0.29) is 11.7 Å². The fourth-order valence-electron chi connectivity index (χ4n) is 2.94. The summed E-state index contributed by atoms with van der Waals surface area (Å²) in [6.07, 6.45) is 3.71. The molecule has 104 valence electrons. The summed E-state index contributed by atoms with van der Waals surface area (Å²) in [4.78, 5) is 13.7. The summed E-state index contributed by atoms with van der Waals surface area (Å²) in [5, 5.41) is 0. The van der Waals surface area contributed by atoms with E-state index >= 15 is 0 Å².